The van der Waals surface area contributed by atoms with Gasteiger partial charge >= 0.3 is 25.5 Å². The van der Waals surface area contributed by atoms with Crippen LogP contribution in [-0.2, 0) is 94.8 Å². The smallest absolute Gasteiger partial charge is 0.335 e. The van der Waals surface area contributed by atoms with E-state index in [4.69, 9.17) is 47.2 Å². The predicted octanol–water partition coefficient (Wildman–Crippen LogP) is 20.2. The van der Waals surface area contributed by atoms with E-state index in [0.29, 0.717) is 36.9 Å². The van der Waals surface area contributed by atoms with E-state index >= 15 is 0 Å². The maximum absolute atomic E-state index is 14.8. The number of carbonyl (C=O) groups is 9. The lowest BCUT2D eigenvalue weighted by Gasteiger charge is -2.34. The summed E-state index contributed by atoms with van der Waals surface area (Å²) in [5.41, 5.74) is 2.75. The van der Waals surface area contributed by atoms with Gasteiger partial charge in [0.05, 0.1) is 138 Å². The Kier molecular flexibility index (Phi) is 36.2. The highest BCUT2D eigenvalue weighted by Gasteiger charge is 2.68. The summed E-state index contributed by atoms with van der Waals surface area (Å²) in [5, 5.41) is 1.75. The summed E-state index contributed by atoms with van der Waals surface area (Å²) in [5.74, 6) is -1.70. The van der Waals surface area contributed by atoms with Gasteiger partial charge in [0.1, 0.15) is 35.6 Å². The Morgan fingerprint density at radius 3 is 1.07 bits per heavy atom. The van der Waals surface area contributed by atoms with Crippen LogP contribution in [0.25, 0.3) is 32.3 Å². The molecule has 20 atom stereocenters. The minimum Gasteiger partial charge on any atom is -0.496 e. The lowest BCUT2D eigenvalue weighted by molar-refractivity contribution is -0.154. The number of rotatable bonds is 23. The number of ether oxygens (including phenoxy) is 9. The third-order valence-corrected chi connectivity index (χ3v) is 42.2. The molecule has 3 amide bonds. The second kappa shape index (κ2) is 48.1. The van der Waals surface area contributed by atoms with E-state index in [1.807, 2.05) is 42.5 Å². The molecular formula is C116H157N6O25P3. The summed E-state index contributed by atoms with van der Waals surface area (Å²) < 4.78 is 99.5. The van der Waals surface area contributed by atoms with Gasteiger partial charge < -0.3 is 76.5 Å². The normalized spacial score (nSPS) is 30.7. The Morgan fingerprint density at radius 2 is 0.760 bits per heavy atom. The van der Waals surface area contributed by atoms with Gasteiger partial charge in [-0.05, 0) is 263 Å². The Bertz CT molecular complexity index is 5900. The van der Waals surface area contributed by atoms with Crippen molar-refractivity contribution in [1.82, 2.24) is 29.7 Å². The van der Waals surface area contributed by atoms with E-state index in [1.54, 1.807) is 79.8 Å². The molecule has 9 fully saturated rings. The lowest BCUT2D eigenvalue weighted by atomic mass is 9.77. The summed E-state index contributed by atoms with van der Waals surface area (Å²) in [6, 6.07) is 15.2. The zero-order chi connectivity index (χ0) is 107. The number of hydrogen-bond donors (Lipinski definition) is 3. The standard InChI is InChI=1S/C40H55N2O9P.2C38H51N2O8P/c1-6-29-22-40(29,52(46,47)50-7-2)23-34(43)33-20-30-24-42(33)38(45)32(26-12-9-8-10-13-26)21-36(44)49-25-39(3,4)16-11-14-28-18-31-27(19-35(28)48-5)15-17-41-37(31)51-30;2*1-5-28-20-38(28,49(4,44)45)21-33(41)32-18-29-22-40(32)37(43)31(25-11-7-6-8-12-25)19-35(42)47-23-24(2)10-9-13-27-16-30-26(17-34(27)46-3)14-15-39-36(30)48-29/h6,15,17-19,26,29-30,32-33H,1,7-14,16,20-25H2,2-5H3,(H,46,47);2*5,14-17,24-25,28-29,31-32H,1,6-13,18-23H2,2-4H3,(H,44,45)/t29?,30-,32+,33+,40?;24-,28?,29+,31-,32-,38?;24-,28?,29-,31+,32+,38?/m101/s1. The number of fused-ring (bicyclic) bond motifs is 9. The highest BCUT2D eigenvalue weighted by atomic mass is 31.2. The average molecular weight is 2130 g/mol. The fourth-order valence-electron chi connectivity index (χ4n) is 25.9. The second-order valence-corrected chi connectivity index (χ2v) is 53.7. The van der Waals surface area contributed by atoms with Gasteiger partial charge in [-0.3, -0.25) is 56.8 Å². The first-order valence-electron chi connectivity index (χ1n) is 55.0. The molecule has 0 spiro atoms. The van der Waals surface area contributed by atoms with Gasteiger partial charge in [-0.1, -0.05) is 104 Å². The molecule has 6 saturated carbocycles. The molecule has 6 aliphatic carbocycles. The van der Waals surface area contributed by atoms with Gasteiger partial charge in [-0.25, -0.2) is 15.0 Å². The Labute approximate surface area is 882 Å². The number of aromatic nitrogens is 3. The Balaban J connectivity index is 0.000000160. The summed E-state index contributed by atoms with van der Waals surface area (Å²) in [4.78, 5) is 178. The predicted molar refractivity (Wildman–Crippen MR) is 571 cm³/mol. The Hall–Kier alpha value is -9.73. The minimum absolute atomic E-state index is 0.00824. The number of esters is 3. The van der Waals surface area contributed by atoms with E-state index in [-0.39, 0.29) is 192 Å². The zero-order valence-electron chi connectivity index (χ0n) is 89.4. The number of nitrogens with zero attached hydrogens (tertiary/aromatic N) is 6. The van der Waals surface area contributed by atoms with Crippen molar-refractivity contribution < 1.29 is 119 Å². The molecule has 6 aromatic rings. The molecule has 34 heteroatoms. The first-order valence-corrected chi connectivity index (χ1v) is 60.8. The third kappa shape index (κ3) is 25.4. The maximum Gasteiger partial charge on any atom is 0.335 e. The van der Waals surface area contributed by atoms with Crippen LogP contribution in [0.4, 0.5) is 0 Å². The number of carbonyl (C=O) groups excluding carboxylic acids is 9. The van der Waals surface area contributed by atoms with Gasteiger partial charge in [0, 0.05) is 86.6 Å². The summed E-state index contributed by atoms with van der Waals surface area (Å²) in [6.07, 6.45) is 30.9. The van der Waals surface area contributed by atoms with E-state index < -0.39 is 110 Å². The van der Waals surface area contributed by atoms with Crippen molar-refractivity contribution in [3.8, 4) is 34.9 Å². The molecule has 18 rings (SSSR count). The number of benzene rings is 3. The van der Waals surface area contributed by atoms with Gasteiger partial charge in [0.15, 0.2) is 17.3 Å². The summed E-state index contributed by atoms with van der Waals surface area (Å²) in [7, 11) is -6.55. The average Bonchev–Trinajstić information content (AvgIpc) is 1.57. The first-order chi connectivity index (χ1) is 71.7. The number of methoxy groups -OCH3 is 3. The van der Waals surface area contributed by atoms with Crippen molar-refractivity contribution in [2.24, 2.45) is 70.5 Å². The van der Waals surface area contributed by atoms with E-state index in [9.17, 15) is 71.5 Å². The van der Waals surface area contributed by atoms with E-state index in [1.165, 1.54) is 13.3 Å². The van der Waals surface area contributed by atoms with Gasteiger partial charge in [-0.2, -0.15) is 0 Å². The van der Waals surface area contributed by atoms with Crippen LogP contribution in [0.2, 0.25) is 0 Å². The number of hydrogen-bond acceptors (Lipinski definition) is 25. The molecule has 816 valence electrons. The number of cyclic esters (lactones) is 3. The molecule has 3 aromatic heterocycles. The van der Waals surface area contributed by atoms with Gasteiger partial charge in [0.2, 0.25) is 50.1 Å². The number of Topliss-reactive ketones (excluding diaryl/α,β-unsaturated/α-hetero) is 3. The fraction of sp³-hybridized carbons (Fsp3) is 0.638. The van der Waals surface area contributed by atoms with Crippen molar-refractivity contribution in [1.29, 1.82) is 0 Å². The molecule has 6 aliphatic heterocycles. The number of allylic oxidation sites excluding steroid dienone is 3. The van der Waals surface area contributed by atoms with Crippen LogP contribution in [0.3, 0.4) is 0 Å². The van der Waals surface area contributed by atoms with Crippen molar-refractivity contribution in [2.75, 3.05) is 80.7 Å². The zero-order valence-corrected chi connectivity index (χ0v) is 92.0. The molecule has 31 nitrogen and oxygen atoms in total. The number of aryl methyl sites for hydroxylation is 3. The van der Waals surface area contributed by atoms with Crippen molar-refractivity contribution in [3.05, 3.63) is 128 Å². The Morgan fingerprint density at radius 1 is 0.447 bits per heavy atom. The molecule has 12 aliphatic rings. The minimum atomic E-state index is -4.19. The van der Waals surface area contributed by atoms with Crippen LogP contribution in [-0.4, -0.2) is 230 Å². The summed E-state index contributed by atoms with van der Waals surface area (Å²) in [6.45, 7) is 25.3. The molecular weight excluding hydrogens is 1970 g/mol. The van der Waals surface area contributed by atoms with Crippen molar-refractivity contribution >= 4 is 108 Å². The topological polar surface area (TPSA) is 406 Å². The summed E-state index contributed by atoms with van der Waals surface area (Å²) >= 11 is 0. The SMILES string of the molecule is C=CC1CC1(CC(=O)[C@@H]1C[C@@H]2CN1C(=O)[C@H](C1CCCCC1)CC(=O)OCC(C)(C)CCCc1cc3c(nccc3cc1OC)O2)P(=O)(O)OCC.C=CC1CC1(CC(=O)[C@@H]1C[C@@H]2CN1C(=O)[C@H](C1CCCCC1)CC(=O)OC[C@@H](C)CCCc1cc3c(nccc3cc1OC)O2)P(C)(=O)O.C=CC1CC1(CC(=O)[C@@H]1C[C@@H]2CN1C(=O)[C@H](C1CCCCC1)CC(=O)OC[C@H](C)CCCc1cc3c(nccc3cc1OC)O2)P(C)(=O)O. The fourth-order valence-corrected chi connectivity index (χ4v) is 31.3. The van der Waals surface area contributed by atoms with Crippen LogP contribution in [0.5, 0.6) is 34.9 Å². The number of ketones is 3. The van der Waals surface area contributed by atoms with E-state index in [0.717, 1.165) is 220 Å². The van der Waals surface area contributed by atoms with Crippen LogP contribution in [0.15, 0.2) is 111 Å². The van der Waals surface area contributed by atoms with Crippen LogP contribution in [0.1, 0.15) is 263 Å². The number of pyridine rings is 3. The first kappa shape index (κ1) is 113. The monoisotopic (exact) mass is 2130 g/mol. The molecule has 0 radical (unpaired) electrons. The maximum atomic E-state index is 14.8. The quantitative estimate of drug-likeness (QED) is 0.0232. The molecule has 3 N–H and O–H groups in total. The molecule has 3 saturated heterocycles. The highest BCUT2D eigenvalue weighted by Crippen LogP contribution is 2.75. The van der Waals surface area contributed by atoms with Gasteiger partial charge in [-0.15, -0.1) is 19.7 Å². The largest absolute Gasteiger partial charge is 0.496 e. The van der Waals surface area contributed by atoms with Crippen LogP contribution >= 0.6 is 22.3 Å². The van der Waals surface area contributed by atoms with Gasteiger partial charge in [0.25, 0.3) is 0 Å². The third-order valence-electron chi connectivity index (χ3n) is 35.1. The molecule has 12 bridgehead atoms. The molecule has 150 heavy (non-hydrogen) atoms. The lowest BCUT2D eigenvalue weighted by Crippen LogP contribution is -2.47. The number of amides is 3. The second-order valence-electron chi connectivity index (χ2n) is 46.2. The van der Waals surface area contributed by atoms with Crippen LogP contribution < -0.4 is 28.4 Å². The molecule has 9 heterocycles. The van der Waals surface area contributed by atoms with Crippen molar-refractivity contribution in [3.63, 3.8) is 0 Å². The van der Waals surface area contributed by atoms with Crippen LogP contribution in [0, 0.1) is 70.5 Å². The molecule has 9 unspecified atom stereocenters. The highest BCUT2D eigenvalue weighted by molar-refractivity contribution is 7.59. The van der Waals surface area contributed by atoms with E-state index in [2.05, 4.69) is 74.5 Å². The van der Waals surface area contributed by atoms with Crippen molar-refractivity contribution in [2.45, 2.75) is 318 Å². The molecule has 3 aromatic carbocycles.